The van der Waals surface area contributed by atoms with Crippen molar-refractivity contribution >= 4 is 15.7 Å². The molecule has 1 N–H and O–H groups in total. The zero-order valence-electron chi connectivity index (χ0n) is 14.3. The first-order valence-corrected chi connectivity index (χ1v) is 9.64. The van der Waals surface area contributed by atoms with Gasteiger partial charge >= 0.3 is 5.22 Å². The summed E-state index contributed by atoms with van der Waals surface area (Å²) in [5, 5.41) is 9.07. The molecular weight excluding hydrogens is 373 g/mol. The van der Waals surface area contributed by atoms with Crippen LogP contribution in [0.3, 0.4) is 0 Å². The van der Waals surface area contributed by atoms with E-state index in [2.05, 4.69) is 15.5 Å². The molecular formula is C18H16FN3O4S. The monoisotopic (exact) mass is 389 g/mol. The van der Waals surface area contributed by atoms with Crippen LogP contribution in [0.4, 0.5) is 4.39 Å². The largest absolute Gasteiger partial charge is 0.411 e. The van der Waals surface area contributed by atoms with Gasteiger partial charge in [0.05, 0.1) is 12.3 Å². The molecule has 0 bridgehead atoms. The SMILES string of the molecule is Cc1ccc(C(=O)NCc2nnc(S(=O)(=O)Cc3ccccc3F)o2)cc1. The molecule has 0 aliphatic heterocycles. The average Bonchev–Trinajstić information content (AvgIpc) is 3.12. The van der Waals surface area contributed by atoms with Crippen molar-refractivity contribution in [3.63, 3.8) is 0 Å². The molecule has 0 saturated carbocycles. The fourth-order valence-electron chi connectivity index (χ4n) is 2.28. The maximum atomic E-state index is 13.7. The molecule has 27 heavy (non-hydrogen) atoms. The highest BCUT2D eigenvalue weighted by molar-refractivity contribution is 7.90. The predicted octanol–water partition coefficient (Wildman–Crippen LogP) is 2.42. The zero-order chi connectivity index (χ0) is 19.4. The minimum atomic E-state index is -4.00. The lowest BCUT2D eigenvalue weighted by atomic mass is 10.1. The Morgan fingerprint density at radius 1 is 1.11 bits per heavy atom. The van der Waals surface area contributed by atoms with Gasteiger partial charge < -0.3 is 9.73 Å². The van der Waals surface area contributed by atoms with Gasteiger partial charge in [0.2, 0.25) is 15.7 Å². The summed E-state index contributed by atoms with van der Waals surface area (Å²) in [5.74, 6) is -1.66. The van der Waals surface area contributed by atoms with Gasteiger partial charge in [-0.1, -0.05) is 41.0 Å². The molecule has 0 aliphatic rings. The summed E-state index contributed by atoms with van der Waals surface area (Å²) >= 11 is 0. The van der Waals surface area contributed by atoms with E-state index in [9.17, 15) is 17.6 Å². The minimum Gasteiger partial charge on any atom is -0.411 e. The first-order chi connectivity index (χ1) is 12.8. The van der Waals surface area contributed by atoms with Crippen LogP contribution >= 0.6 is 0 Å². The normalized spacial score (nSPS) is 11.3. The molecule has 1 aromatic heterocycles. The maximum absolute atomic E-state index is 13.7. The molecule has 3 aromatic rings. The number of halogens is 1. The molecule has 0 aliphatic carbocycles. The highest BCUT2D eigenvalue weighted by Gasteiger charge is 2.24. The number of rotatable bonds is 6. The molecule has 0 spiro atoms. The topological polar surface area (TPSA) is 102 Å². The lowest BCUT2D eigenvalue weighted by Crippen LogP contribution is -2.22. The van der Waals surface area contributed by atoms with Crippen molar-refractivity contribution in [3.8, 4) is 0 Å². The first kappa shape index (κ1) is 18.7. The number of hydrogen-bond acceptors (Lipinski definition) is 6. The zero-order valence-corrected chi connectivity index (χ0v) is 15.2. The lowest BCUT2D eigenvalue weighted by molar-refractivity contribution is 0.0946. The van der Waals surface area contributed by atoms with E-state index >= 15 is 0 Å². The number of benzene rings is 2. The quantitative estimate of drug-likeness (QED) is 0.695. The summed E-state index contributed by atoms with van der Waals surface area (Å²) < 4.78 is 43.4. The molecule has 0 radical (unpaired) electrons. The van der Waals surface area contributed by atoms with Gasteiger partial charge in [-0.15, -0.1) is 5.10 Å². The van der Waals surface area contributed by atoms with Gasteiger partial charge in [0, 0.05) is 11.1 Å². The Labute approximate surface area is 155 Å². The third-order valence-electron chi connectivity index (χ3n) is 3.73. The van der Waals surface area contributed by atoms with Crippen LogP contribution in [0.25, 0.3) is 0 Å². The number of carbonyl (C=O) groups excluding carboxylic acids is 1. The standard InChI is InChI=1S/C18H16FN3O4S/c1-12-6-8-13(9-7-12)17(23)20-10-16-21-22-18(26-16)27(24,25)11-14-4-2-3-5-15(14)19/h2-9H,10-11H2,1H3,(H,20,23). The van der Waals surface area contributed by atoms with Gasteiger partial charge in [-0.25, -0.2) is 12.8 Å². The first-order valence-electron chi connectivity index (χ1n) is 7.98. The number of amides is 1. The van der Waals surface area contributed by atoms with E-state index in [1.54, 1.807) is 24.3 Å². The fourth-order valence-corrected chi connectivity index (χ4v) is 3.44. The van der Waals surface area contributed by atoms with Crippen LogP contribution in [0.1, 0.15) is 27.4 Å². The summed E-state index contributed by atoms with van der Waals surface area (Å²) in [6, 6.07) is 12.5. The molecule has 0 saturated heterocycles. The second-order valence-electron chi connectivity index (χ2n) is 5.86. The van der Waals surface area contributed by atoms with Crippen molar-refractivity contribution in [2.75, 3.05) is 0 Å². The lowest BCUT2D eigenvalue weighted by Gasteiger charge is -2.03. The number of aryl methyl sites for hydroxylation is 1. The molecule has 3 rings (SSSR count). The molecule has 0 fully saturated rings. The highest BCUT2D eigenvalue weighted by atomic mass is 32.2. The Morgan fingerprint density at radius 3 is 2.52 bits per heavy atom. The second-order valence-corrected chi connectivity index (χ2v) is 7.73. The smallest absolute Gasteiger partial charge is 0.335 e. The summed E-state index contributed by atoms with van der Waals surface area (Å²) in [6.45, 7) is 1.78. The van der Waals surface area contributed by atoms with Crippen LogP contribution < -0.4 is 5.32 Å². The van der Waals surface area contributed by atoms with Gasteiger partial charge in [-0.05, 0) is 25.1 Å². The molecule has 0 atom stereocenters. The number of carbonyl (C=O) groups is 1. The van der Waals surface area contributed by atoms with E-state index in [1.807, 2.05) is 6.92 Å². The van der Waals surface area contributed by atoms with Crippen LogP contribution in [0.2, 0.25) is 0 Å². The number of hydrogen-bond donors (Lipinski definition) is 1. The molecule has 2 aromatic carbocycles. The Morgan fingerprint density at radius 2 is 1.81 bits per heavy atom. The van der Waals surface area contributed by atoms with E-state index < -0.39 is 26.6 Å². The highest BCUT2D eigenvalue weighted by Crippen LogP contribution is 2.17. The second kappa shape index (κ2) is 7.67. The van der Waals surface area contributed by atoms with Crippen molar-refractivity contribution in [2.24, 2.45) is 0 Å². The van der Waals surface area contributed by atoms with Crippen molar-refractivity contribution < 1.29 is 22.0 Å². The third kappa shape index (κ3) is 4.56. The van der Waals surface area contributed by atoms with E-state index in [1.165, 1.54) is 24.3 Å². The van der Waals surface area contributed by atoms with Crippen LogP contribution in [0.5, 0.6) is 0 Å². The Kier molecular flexibility index (Phi) is 5.31. The van der Waals surface area contributed by atoms with Gasteiger partial charge in [0.25, 0.3) is 5.91 Å². The van der Waals surface area contributed by atoms with Crippen molar-refractivity contribution in [3.05, 3.63) is 76.9 Å². The van der Waals surface area contributed by atoms with Crippen LogP contribution in [-0.4, -0.2) is 24.5 Å². The maximum Gasteiger partial charge on any atom is 0.335 e. The average molecular weight is 389 g/mol. The molecule has 0 unspecified atom stereocenters. The molecule has 1 heterocycles. The molecule has 140 valence electrons. The number of sulfone groups is 1. The predicted molar refractivity (Wildman–Crippen MR) is 93.9 cm³/mol. The minimum absolute atomic E-state index is 0.00456. The van der Waals surface area contributed by atoms with Crippen LogP contribution in [0.15, 0.2) is 58.2 Å². The number of nitrogens with zero attached hydrogens (tertiary/aromatic N) is 2. The van der Waals surface area contributed by atoms with Crippen molar-refractivity contribution in [1.82, 2.24) is 15.5 Å². The van der Waals surface area contributed by atoms with Gasteiger partial charge in [0.15, 0.2) is 0 Å². The summed E-state index contributed by atoms with van der Waals surface area (Å²) in [7, 11) is -4.00. The Hall–Kier alpha value is -3.07. The number of nitrogens with one attached hydrogen (secondary N) is 1. The van der Waals surface area contributed by atoms with Crippen molar-refractivity contribution in [2.45, 2.75) is 24.4 Å². The molecule has 9 heteroatoms. The van der Waals surface area contributed by atoms with Gasteiger partial charge in [0.1, 0.15) is 5.82 Å². The van der Waals surface area contributed by atoms with E-state index in [0.29, 0.717) is 5.56 Å². The summed E-state index contributed by atoms with van der Waals surface area (Å²) in [5.41, 5.74) is 1.48. The van der Waals surface area contributed by atoms with E-state index in [4.69, 9.17) is 4.42 Å². The number of aromatic nitrogens is 2. The van der Waals surface area contributed by atoms with Crippen molar-refractivity contribution in [1.29, 1.82) is 0 Å². The van der Waals surface area contributed by atoms with Crippen LogP contribution in [-0.2, 0) is 22.1 Å². The van der Waals surface area contributed by atoms with E-state index in [0.717, 1.165) is 5.56 Å². The molecule has 1 amide bonds. The summed E-state index contributed by atoms with van der Waals surface area (Å²) in [4.78, 5) is 12.1. The van der Waals surface area contributed by atoms with Crippen LogP contribution in [0, 0.1) is 12.7 Å². The Balaban J connectivity index is 1.66. The van der Waals surface area contributed by atoms with Gasteiger partial charge in [-0.3, -0.25) is 4.79 Å². The molecule has 7 nitrogen and oxygen atoms in total. The fraction of sp³-hybridized carbons (Fsp3) is 0.167. The van der Waals surface area contributed by atoms with Gasteiger partial charge in [-0.2, -0.15) is 0 Å². The summed E-state index contributed by atoms with van der Waals surface area (Å²) in [6.07, 6.45) is 0. The van der Waals surface area contributed by atoms with E-state index in [-0.39, 0.29) is 23.9 Å². The third-order valence-corrected chi connectivity index (χ3v) is 5.12. The Bertz CT molecular complexity index is 1060.